The molecule has 0 saturated heterocycles. The molecule has 0 aromatic carbocycles. The van der Waals surface area contributed by atoms with E-state index in [-0.39, 0.29) is 11.8 Å². The van der Waals surface area contributed by atoms with Crippen LogP contribution in [-0.4, -0.2) is 21.2 Å². The summed E-state index contributed by atoms with van der Waals surface area (Å²) in [5, 5.41) is 12.8. The molecule has 1 heterocycles. The van der Waals surface area contributed by atoms with Crippen LogP contribution in [0.3, 0.4) is 0 Å². The summed E-state index contributed by atoms with van der Waals surface area (Å²) in [6.07, 6.45) is 5.37. The van der Waals surface area contributed by atoms with Crippen molar-refractivity contribution in [1.82, 2.24) is 10.1 Å². The highest BCUT2D eigenvalue weighted by atomic mass is 16.5. The van der Waals surface area contributed by atoms with Gasteiger partial charge < -0.3 is 9.63 Å². The molecule has 0 amide bonds. The Labute approximate surface area is 92.8 Å². The lowest BCUT2D eigenvalue weighted by Gasteiger charge is -1.99. The van der Waals surface area contributed by atoms with Crippen LogP contribution in [0.5, 0.6) is 0 Å². The van der Waals surface area contributed by atoms with Gasteiger partial charge in [0.05, 0.1) is 11.8 Å². The van der Waals surface area contributed by atoms with Crippen LogP contribution in [0.15, 0.2) is 4.52 Å². The predicted octanol–water partition coefficient (Wildman–Crippen LogP) is 1.92. The Hall–Kier alpha value is -1.39. The molecule has 3 rings (SSSR count). The van der Waals surface area contributed by atoms with Gasteiger partial charge in [0.2, 0.25) is 5.89 Å². The van der Waals surface area contributed by atoms with E-state index in [0.717, 1.165) is 18.7 Å². The number of nitrogens with zero attached hydrogens (tertiary/aromatic N) is 2. The average Bonchev–Trinajstić information content (AvgIpc) is 2.72. The molecule has 1 N–H and O–H groups in total. The van der Waals surface area contributed by atoms with Crippen LogP contribution in [0.25, 0.3) is 0 Å². The van der Waals surface area contributed by atoms with Crippen LogP contribution in [0.2, 0.25) is 0 Å². The van der Waals surface area contributed by atoms with Gasteiger partial charge in [0.25, 0.3) is 0 Å². The average molecular weight is 222 g/mol. The summed E-state index contributed by atoms with van der Waals surface area (Å²) < 4.78 is 5.16. The lowest BCUT2D eigenvalue weighted by atomic mass is 10.1. The van der Waals surface area contributed by atoms with Gasteiger partial charge >= 0.3 is 5.97 Å². The molecule has 0 bridgehead atoms. The van der Waals surface area contributed by atoms with Crippen molar-refractivity contribution in [1.29, 1.82) is 0 Å². The molecule has 1 aromatic rings. The minimum absolute atomic E-state index is 0.0415. The summed E-state index contributed by atoms with van der Waals surface area (Å²) >= 11 is 0. The molecule has 2 aliphatic carbocycles. The molecule has 2 aliphatic rings. The lowest BCUT2D eigenvalue weighted by molar-refractivity contribution is -0.138. The molecule has 2 fully saturated rings. The maximum absolute atomic E-state index is 10.7. The number of aliphatic carboxylic acids is 1. The molecule has 0 spiro atoms. The topological polar surface area (TPSA) is 76.2 Å². The second-order valence-electron chi connectivity index (χ2n) is 4.76. The standard InChI is InChI=1S/C11H14N2O3/c14-11(15)8-5-7(8)10-12-9(13-16-10)6-3-1-2-4-6/h6-8H,1-5H2,(H,14,15). The first-order valence-corrected chi connectivity index (χ1v) is 5.82. The Morgan fingerprint density at radius 3 is 2.75 bits per heavy atom. The van der Waals surface area contributed by atoms with Crippen LogP contribution in [-0.2, 0) is 4.79 Å². The van der Waals surface area contributed by atoms with Crippen LogP contribution < -0.4 is 0 Å². The zero-order valence-electron chi connectivity index (χ0n) is 8.93. The fourth-order valence-electron chi connectivity index (χ4n) is 2.49. The first kappa shape index (κ1) is 9.81. The second-order valence-corrected chi connectivity index (χ2v) is 4.76. The van der Waals surface area contributed by atoms with Gasteiger partial charge in [0.15, 0.2) is 5.82 Å². The van der Waals surface area contributed by atoms with E-state index in [1.165, 1.54) is 12.8 Å². The highest BCUT2D eigenvalue weighted by Crippen LogP contribution is 2.47. The number of rotatable bonds is 3. The van der Waals surface area contributed by atoms with E-state index in [2.05, 4.69) is 10.1 Å². The second kappa shape index (κ2) is 3.57. The molecule has 16 heavy (non-hydrogen) atoms. The number of hydrogen-bond donors (Lipinski definition) is 1. The Kier molecular flexibility index (Phi) is 2.19. The van der Waals surface area contributed by atoms with Gasteiger partial charge in [-0.1, -0.05) is 18.0 Å². The maximum atomic E-state index is 10.7. The molecule has 2 atom stereocenters. The molecule has 1 aromatic heterocycles. The van der Waals surface area contributed by atoms with E-state index < -0.39 is 5.97 Å². The van der Waals surface area contributed by atoms with Crippen LogP contribution >= 0.6 is 0 Å². The SMILES string of the molecule is O=C(O)C1CC1c1nc(C2CCCC2)no1. The van der Waals surface area contributed by atoms with E-state index in [0.29, 0.717) is 18.2 Å². The molecule has 0 aliphatic heterocycles. The Morgan fingerprint density at radius 1 is 1.38 bits per heavy atom. The molecule has 0 radical (unpaired) electrons. The first-order valence-electron chi connectivity index (χ1n) is 5.82. The summed E-state index contributed by atoms with van der Waals surface area (Å²) in [5.41, 5.74) is 0. The van der Waals surface area contributed by atoms with E-state index in [4.69, 9.17) is 9.63 Å². The number of carboxylic acid groups (broad SMARTS) is 1. The third kappa shape index (κ3) is 1.60. The van der Waals surface area contributed by atoms with Crippen molar-refractivity contribution >= 4 is 5.97 Å². The summed E-state index contributed by atoms with van der Waals surface area (Å²) in [4.78, 5) is 15.1. The Morgan fingerprint density at radius 2 is 2.12 bits per heavy atom. The van der Waals surface area contributed by atoms with Gasteiger partial charge in [0, 0.05) is 5.92 Å². The maximum Gasteiger partial charge on any atom is 0.307 e. The normalized spacial score (nSPS) is 29.5. The third-order valence-corrected chi connectivity index (χ3v) is 3.60. The van der Waals surface area contributed by atoms with Crippen molar-refractivity contribution < 1.29 is 14.4 Å². The van der Waals surface area contributed by atoms with Crippen LogP contribution in [0.1, 0.15) is 55.7 Å². The molecule has 5 nitrogen and oxygen atoms in total. The van der Waals surface area contributed by atoms with Crippen molar-refractivity contribution in [2.45, 2.75) is 43.9 Å². The highest BCUT2D eigenvalue weighted by molar-refractivity contribution is 5.74. The number of carboxylic acids is 1. The third-order valence-electron chi connectivity index (χ3n) is 3.60. The smallest absolute Gasteiger partial charge is 0.307 e. The fourth-order valence-corrected chi connectivity index (χ4v) is 2.49. The largest absolute Gasteiger partial charge is 0.481 e. The van der Waals surface area contributed by atoms with Crippen molar-refractivity contribution in [2.75, 3.05) is 0 Å². The monoisotopic (exact) mass is 222 g/mol. The van der Waals surface area contributed by atoms with Gasteiger partial charge in [-0.05, 0) is 19.3 Å². The van der Waals surface area contributed by atoms with Gasteiger partial charge in [0.1, 0.15) is 0 Å². The minimum Gasteiger partial charge on any atom is -0.481 e. The van der Waals surface area contributed by atoms with E-state index in [1.54, 1.807) is 0 Å². The quantitative estimate of drug-likeness (QED) is 0.845. The van der Waals surface area contributed by atoms with Gasteiger partial charge in [-0.25, -0.2) is 0 Å². The number of hydrogen-bond acceptors (Lipinski definition) is 4. The zero-order chi connectivity index (χ0) is 11.1. The van der Waals surface area contributed by atoms with Crippen molar-refractivity contribution in [2.24, 2.45) is 5.92 Å². The summed E-state index contributed by atoms with van der Waals surface area (Å²) in [7, 11) is 0. The molecule has 2 saturated carbocycles. The Bertz CT molecular complexity index is 409. The lowest BCUT2D eigenvalue weighted by Crippen LogP contribution is -1.99. The van der Waals surface area contributed by atoms with Crippen molar-refractivity contribution in [3.05, 3.63) is 11.7 Å². The fraction of sp³-hybridized carbons (Fsp3) is 0.727. The molecule has 86 valence electrons. The van der Waals surface area contributed by atoms with Gasteiger partial charge in [-0.3, -0.25) is 4.79 Å². The molecule has 2 unspecified atom stereocenters. The first-order chi connectivity index (χ1) is 7.75. The van der Waals surface area contributed by atoms with E-state index >= 15 is 0 Å². The van der Waals surface area contributed by atoms with E-state index in [1.807, 2.05) is 0 Å². The molecular weight excluding hydrogens is 208 g/mol. The minimum atomic E-state index is -0.759. The highest BCUT2D eigenvalue weighted by Gasteiger charge is 2.48. The summed E-state index contributed by atoms with van der Waals surface area (Å²) in [6.45, 7) is 0. The predicted molar refractivity (Wildman–Crippen MR) is 54.0 cm³/mol. The number of aromatic nitrogens is 2. The number of carbonyl (C=O) groups is 1. The zero-order valence-corrected chi connectivity index (χ0v) is 8.93. The Balaban J connectivity index is 1.71. The molecule has 5 heteroatoms. The van der Waals surface area contributed by atoms with Gasteiger partial charge in [-0.2, -0.15) is 4.98 Å². The van der Waals surface area contributed by atoms with Crippen molar-refractivity contribution in [3.8, 4) is 0 Å². The van der Waals surface area contributed by atoms with E-state index in [9.17, 15) is 4.79 Å². The summed E-state index contributed by atoms with van der Waals surface area (Å²) in [6, 6.07) is 0. The van der Waals surface area contributed by atoms with Crippen LogP contribution in [0.4, 0.5) is 0 Å². The van der Waals surface area contributed by atoms with Crippen LogP contribution in [0, 0.1) is 5.92 Å². The molecular formula is C11H14N2O3. The van der Waals surface area contributed by atoms with Crippen molar-refractivity contribution in [3.63, 3.8) is 0 Å². The summed E-state index contributed by atoms with van der Waals surface area (Å²) in [5.74, 6) is 0.625. The van der Waals surface area contributed by atoms with Gasteiger partial charge in [-0.15, -0.1) is 0 Å².